The van der Waals surface area contributed by atoms with Crippen molar-refractivity contribution in [2.24, 2.45) is 0 Å². The van der Waals surface area contributed by atoms with Gasteiger partial charge in [-0.05, 0) is 30.3 Å². The summed E-state index contributed by atoms with van der Waals surface area (Å²) in [4.78, 5) is 11.6. The summed E-state index contributed by atoms with van der Waals surface area (Å²) in [7, 11) is 0. The fraction of sp³-hybridized carbons (Fsp3) is 0.154. The zero-order valence-corrected chi connectivity index (χ0v) is 11.1. The minimum Gasteiger partial charge on any atom is -0.486 e. The molecule has 20 heavy (non-hydrogen) atoms. The lowest BCUT2D eigenvalue weighted by atomic mass is 10.3. The number of hydrogen-bond donors (Lipinski definition) is 1. The summed E-state index contributed by atoms with van der Waals surface area (Å²) in [5.74, 6) is 0.345. The van der Waals surface area contributed by atoms with E-state index in [4.69, 9.17) is 14.6 Å². The maximum atomic E-state index is 10.7. The van der Waals surface area contributed by atoms with E-state index in [-0.39, 0.29) is 5.69 Å². The van der Waals surface area contributed by atoms with Gasteiger partial charge in [-0.3, -0.25) is 0 Å². The number of rotatable bonds is 3. The lowest BCUT2D eigenvalue weighted by Crippen LogP contribution is -2.15. The van der Waals surface area contributed by atoms with Gasteiger partial charge < -0.3 is 14.6 Å². The van der Waals surface area contributed by atoms with Crippen molar-refractivity contribution in [2.45, 2.75) is 9.92 Å². The number of hydrogen-bond acceptors (Lipinski definition) is 6. The van der Waals surface area contributed by atoms with Gasteiger partial charge in [-0.2, -0.15) is 0 Å². The van der Waals surface area contributed by atoms with Crippen LogP contribution in [0.25, 0.3) is 0 Å². The van der Waals surface area contributed by atoms with E-state index in [1.807, 2.05) is 18.2 Å². The predicted octanol–water partition coefficient (Wildman–Crippen LogP) is 2.10. The fourth-order valence-electron chi connectivity index (χ4n) is 1.70. The second-order valence-electron chi connectivity index (χ2n) is 3.97. The third kappa shape index (κ3) is 2.67. The number of ether oxygens (including phenoxy) is 2. The molecule has 1 aliphatic heterocycles. The van der Waals surface area contributed by atoms with Crippen LogP contribution in [0.2, 0.25) is 0 Å². The van der Waals surface area contributed by atoms with E-state index in [1.54, 1.807) is 6.07 Å². The largest absolute Gasteiger partial charge is 0.486 e. The van der Waals surface area contributed by atoms with Crippen molar-refractivity contribution >= 4 is 17.7 Å². The van der Waals surface area contributed by atoms with Gasteiger partial charge in [0.2, 0.25) is 0 Å². The molecule has 0 saturated carbocycles. The summed E-state index contributed by atoms with van der Waals surface area (Å²) >= 11 is 1.38. The highest BCUT2D eigenvalue weighted by Gasteiger charge is 2.13. The molecule has 1 aromatic carbocycles. The van der Waals surface area contributed by atoms with E-state index in [2.05, 4.69) is 10.2 Å². The number of fused-ring (bicyclic) bond motifs is 1. The van der Waals surface area contributed by atoms with Gasteiger partial charge in [0.05, 0.1) is 0 Å². The van der Waals surface area contributed by atoms with Crippen LogP contribution in [-0.2, 0) is 0 Å². The fourth-order valence-corrected chi connectivity index (χ4v) is 2.46. The zero-order valence-electron chi connectivity index (χ0n) is 10.3. The molecule has 0 fully saturated rings. The van der Waals surface area contributed by atoms with Crippen molar-refractivity contribution in [2.75, 3.05) is 13.2 Å². The van der Waals surface area contributed by atoms with E-state index in [0.717, 1.165) is 10.6 Å². The highest BCUT2D eigenvalue weighted by Crippen LogP contribution is 2.36. The molecule has 2 aromatic rings. The Bertz CT molecular complexity index is 645. The number of aromatic nitrogens is 2. The molecular weight excluding hydrogens is 280 g/mol. The van der Waals surface area contributed by atoms with Crippen LogP contribution >= 0.6 is 11.8 Å². The standard InChI is InChI=1S/C13H10N2O4S/c16-13(17)9-2-4-12(15-14-9)20-8-1-3-10-11(7-8)19-6-5-18-10/h1-4,7H,5-6H2,(H,16,17). The number of carboxylic acid groups (broad SMARTS) is 1. The Morgan fingerprint density at radius 3 is 2.60 bits per heavy atom. The van der Waals surface area contributed by atoms with E-state index >= 15 is 0 Å². The Balaban J connectivity index is 1.78. The van der Waals surface area contributed by atoms with Crippen LogP contribution in [0.1, 0.15) is 10.5 Å². The van der Waals surface area contributed by atoms with Crippen LogP contribution in [0.4, 0.5) is 0 Å². The molecule has 0 unspecified atom stereocenters. The van der Waals surface area contributed by atoms with Crippen LogP contribution in [0.15, 0.2) is 40.3 Å². The number of nitrogens with zero attached hydrogens (tertiary/aromatic N) is 2. The normalized spacial score (nSPS) is 13.0. The smallest absolute Gasteiger partial charge is 0.356 e. The highest BCUT2D eigenvalue weighted by molar-refractivity contribution is 7.99. The average Bonchev–Trinajstić information content (AvgIpc) is 2.48. The lowest BCUT2D eigenvalue weighted by Gasteiger charge is -2.18. The molecule has 0 amide bonds. The molecule has 0 saturated heterocycles. The quantitative estimate of drug-likeness (QED) is 0.926. The van der Waals surface area contributed by atoms with Crippen LogP contribution in [0.5, 0.6) is 11.5 Å². The molecule has 2 heterocycles. The molecule has 1 aromatic heterocycles. The highest BCUT2D eigenvalue weighted by atomic mass is 32.2. The molecule has 0 aliphatic carbocycles. The van der Waals surface area contributed by atoms with Gasteiger partial charge in [0.15, 0.2) is 17.2 Å². The van der Waals surface area contributed by atoms with Crippen molar-refractivity contribution in [3.8, 4) is 11.5 Å². The Morgan fingerprint density at radius 1 is 1.10 bits per heavy atom. The third-order valence-electron chi connectivity index (χ3n) is 2.60. The van der Waals surface area contributed by atoms with Crippen LogP contribution in [0, 0.1) is 0 Å². The van der Waals surface area contributed by atoms with E-state index in [1.165, 1.54) is 17.8 Å². The van der Waals surface area contributed by atoms with Gasteiger partial charge in [0.25, 0.3) is 0 Å². The summed E-state index contributed by atoms with van der Waals surface area (Å²) in [5.41, 5.74) is -0.0727. The van der Waals surface area contributed by atoms with Crippen molar-refractivity contribution in [3.05, 3.63) is 36.0 Å². The van der Waals surface area contributed by atoms with Gasteiger partial charge in [-0.1, -0.05) is 11.8 Å². The monoisotopic (exact) mass is 290 g/mol. The van der Waals surface area contributed by atoms with E-state index in [9.17, 15) is 4.79 Å². The van der Waals surface area contributed by atoms with E-state index < -0.39 is 5.97 Å². The lowest BCUT2D eigenvalue weighted by molar-refractivity contribution is 0.0689. The first-order valence-electron chi connectivity index (χ1n) is 5.87. The van der Waals surface area contributed by atoms with Gasteiger partial charge in [-0.15, -0.1) is 10.2 Å². The van der Waals surface area contributed by atoms with Crippen molar-refractivity contribution in [3.63, 3.8) is 0 Å². The molecule has 0 atom stereocenters. The first-order valence-corrected chi connectivity index (χ1v) is 6.68. The van der Waals surface area contributed by atoms with E-state index in [0.29, 0.717) is 24.0 Å². The second-order valence-corrected chi connectivity index (χ2v) is 5.06. The molecule has 0 radical (unpaired) electrons. The van der Waals surface area contributed by atoms with Crippen LogP contribution in [0.3, 0.4) is 0 Å². The van der Waals surface area contributed by atoms with Crippen molar-refractivity contribution < 1.29 is 19.4 Å². The summed E-state index contributed by atoms with van der Waals surface area (Å²) < 4.78 is 10.9. The second kappa shape index (κ2) is 5.38. The van der Waals surface area contributed by atoms with Gasteiger partial charge in [-0.25, -0.2) is 4.79 Å². The molecule has 102 valence electrons. The number of carbonyl (C=O) groups is 1. The van der Waals surface area contributed by atoms with Crippen molar-refractivity contribution in [1.82, 2.24) is 10.2 Å². The molecule has 0 bridgehead atoms. The summed E-state index contributed by atoms with van der Waals surface area (Å²) in [6.45, 7) is 1.09. The summed E-state index contributed by atoms with van der Waals surface area (Å²) in [5, 5.41) is 16.9. The summed E-state index contributed by atoms with van der Waals surface area (Å²) in [6.07, 6.45) is 0. The Hall–Kier alpha value is -2.28. The zero-order chi connectivity index (χ0) is 13.9. The minimum atomic E-state index is -1.09. The first kappa shape index (κ1) is 12.7. The Morgan fingerprint density at radius 2 is 1.90 bits per heavy atom. The topological polar surface area (TPSA) is 81.5 Å². The molecule has 7 heteroatoms. The van der Waals surface area contributed by atoms with Gasteiger partial charge in [0, 0.05) is 4.90 Å². The molecular formula is C13H10N2O4S. The minimum absolute atomic E-state index is 0.0727. The SMILES string of the molecule is O=C(O)c1ccc(Sc2ccc3c(c2)OCCO3)nn1. The number of benzene rings is 1. The Labute approximate surface area is 118 Å². The molecule has 1 N–H and O–H groups in total. The average molecular weight is 290 g/mol. The van der Waals surface area contributed by atoms with Crippen LogP contribution in [-0.4, -0.2) is 34.5 Å². The van der Waals surface area contributed by atoms with Gasteiger partial charge in [0.1, 0.15) is 18.2 Å². The first-order chi connectivity index (χ1) is 9.72. The molecule has 3 rings (SSSR count). The molecule has 0 spiro atoms. The number of aromatic carboxylic acids is 1. The third-order valence-corrected chi connectivity index (χ3v) is 3.51. The number of carboxylic acids is 1. The van der Waals surface area contributed by atoms with Crippen LogP contribution < -0.4 is 9.47 Å². The van der Waals surface area contributed by atoms with Gasteiger partial charge >= 0.3 is 5.97 Å². The Kier molecular flexibility index (Phi) is 3.42. The van der Waals surface area contributed by atoms with Crippen molar-refractivity contribution in [1.29, 1.82) is 0 Å². The summed E-state index contributed by atoms with van der Waals surface area (Å²) in [6, 6.07) is 8.65. The molecule has 1 aliphatic rings. The molecule has 6 nitrogen and oxygen atoms in total. The maximum absolute atomic E-state index is 10.7. The predicted molar refractivity (Wildman–Crippen MR) is 70.5 cm³/mol. The maximum Gasteiger partial charge on any atom is 0.356 e.